The second-order valence-electron chi connectivity index (χ2n) is 5.14. The van der Waals surface area contributed by atoms with Gasteiger partial charge in [0.05, 0.1) is 6.04 Å². The van der Waals surface area contributed by atoms with Gasteiger partial charge in [-0.25, -0.2) is 4.79 Å². The lowest BCUT2D eigenvalue weighted by atomic mass is 9.84. The van der Waals surface area contributed by atoms with Crippen LogP contribution in [0.2, 0.25) is 0 Å². The van der Waals surface area contributed by atoms with E-state index in [1.807, 2.05) is 0 Å². The van der Waals surface area contributed by atoms with Crippen molar-refractivity contribution in [1.82, 2.24) is 16.0 Å². The molecule has 0 spiro atoms. The maximum Gasteiger partial charge on any atom is 0.321 e. The molecule has 0 radical (unpaired) electrons. The van der Waals surface area contributed by atoms with E-state index in [-0.39, 0.29) is 11.9 Å². The summed E-state index contributed by atoms with van der Waals surface area (Å²) in [6.07, 6.45) is 6.37. The second kappa shape index (κ2) is 7.36. The number of imide groups is 1. The first-order chi connectivity index (χ1) is 8.54. The van der Waals surface area contributed by atoms with E-state index in [0.717, 1.165) is 0 Å². The number of carbonyl (C=O) groups is 2. The highest BCUT2D eigenvalue weighted by Crippen LogP contribution is 2.26. The van der Waals surface area contributed by atoms with Gasteiger partial charge in [-0.2, -0.15) is 0 Å². The summed E-state index contributed by atoms with van der Waals surface area (Å²) in [6.45, 7) is 3.91. The second-order valence-corrected chi connectivity index (χ2v) is 5.14. The van der Waals surface area contributed by atoms with Crippen LogP contribution in [-0.4, -0.2) is 31.1 Å². The molecule has 3 amide bonds. The first kappa shape index (κ1) is 15.0. The van der Waals surface area contributed by atoms with E-state index in [1.54, 1.807) is 6.92 Å². The summed E-state index contributed by atoms with van der Waals surface area (Å²) >= 11 is 0. The van der Waals surface area contributed by atoms with E-state index in [1.165, 1.54) is 39.2 Å². The van der Waals surface area contributed by atoms with Crippen molar-refractivity contribution in [2.75, 3.05) is 7.05 Å². The van der Waals surface area contributed by atoms with Gasteiger partial charge in [-0.15, -0.1) is 0 Å². The topological polar surface area (TPSA) is 70.2 Å². The third-order valence-electron chi connectivity index (χ3n) is 3.73. The van der Waals surface area contributed by atoms with Gasteiger partial charge < -0.3 is 10.6 Å². The number of amides is 3. The predicted molar refractivity (Wildman–Crippen MR) is 71.2 cm³/mol. The zero-order chi connectivity index (χ0) is 13.5. The van der Waals surface area contributed by atoms with Crippen molar-refractivity contribution >= 4 is 11.9 Å². The Hall–Kier alpha value is -1.10. The molecule has 2 unspecified atom stereocenters. The molecule has 18 heavy (non-hydrogen) atoms. The fourth-order valence-electron chi connectivity index (χ4n) is 2.52. The smallest absolute Gasteiger partial charge is 0.321 e. The lowest BCUT2D eigenvalue weighted by Gasteiger charge is -2.30. The van der Waals surface area contributed by atoms with Gasteiger partial charge >= 0.3 is 6.03 Å². The largest absolute Gasteiger partial charge is 0.341 e. The summed E-state index contributed by atoms with van der Waals surface area (Å²) in [4.78, 5) is 22.7. The van der Waals surface area contributed by atoms with Crippen LogP contribution in [0.1, 0.15) is 46.0 Å². The Labute approximate surface area is 109 Å². The molecule has 104 valence electrons. The van der Waals surface area contributed by atoms with Gasteiger partial charge in [-0.3, -0.25) is 10.1 Å². The third kappa shape index (κ3) is 4.64. The zero-order valence-corrected chi connectivity index (χ0v) is 11.6. The quantitative estimate of drug-likeness (QED) is 0.711. The first-order valence-electron chi connectivity index (χ1n) is 6.83. The van der Waals surface area contributed by atoms with E-state index in [0.29, 0.717) is 12.0 Å². The highest BCUT2D eigenvalue weighted by atomic mass is 16.2. The Bertz CT molecular complexity index is 288. The normalized spacial score (nSPS) is 19.9. The molecule has 0 heterocycles. The summed E-state index contributed by atoms with van der Waals surface area (Å²) in [7, 11) is 1.49. The summed E-state index contributed by atoms with van der Waals surface area (Å²) in [5.41, 5.74) is 0. The van der Waals surface area contributed by atoms with E-state index in [9.17, 15) is 9.59 Å². The third-order valence-corrected chi connectivity index (χ3v) is 3.73. The summed E-state index contributed by atoms with van der Waals surface area (Å²) in [6, 6.07) is -0.492. The molecular weight excluding hydrogens is 230 g/mol. The maximum absolute atomic E-state index is 11.7. The van der Waals surface area contributed by atoms with Crippen molar-refractivity contribution in [2.45, 2.75) is 58.0 Å². The molecule has 2 atom stereocenters. The van der Waals surface area contributed by atoms with Crippen molar-refractivity contribution in [1.29, 1.82) is 0 Å². The molecule has 1 aliphatic rings. The van der Waals surface area contributed by atoms with E-state index in [4.69, 9.17) is 0 Å². The zero-order valence-electron chi connectivity index (χ0n) is 11.6. The molecule has 1 aliphatic carbocycles. The SMILES string of the molecule is CNC(=O)NC(=O)C(C)NC(C)C1CCCCC1. The summed E-state index contributed by atoms with van der Waals surface area (Å²) in [5.74, 6) is 0.367. The van der Waals surface area contributed by atoms with Gasteiger partial charge in [0.25, 0.3) is 0 Å². The Balaban J connectivity index is 2.35. The number of carbonyl (C=O) groups excluding carboxylic acids is 2. The lowest BCUT2D eigenvalue weighted by Crippen LogP contribution is -2.51. The number of hydrogen-bond donors (Lipinski definition) is 3. The average Bonchev–Trinajstić information content (AvgIpc) is 2.39. The molecule has 0 aromatic heterocycles. The van der Waals surface area contributed by atoms with Crippen LogP contribution in [0, 0.1) is 5.92 Å². The standard InChI is InChI=1S/C13H25N3O2/c1-9(11-7-5-4-6-8-11)15-10(2)12(17)16-13(18)14-3/h9-11,15H,4-8H2,1-3H3,(H2,14,16,17,18). The monoisotopic (exact) mass is 255 g/mol. The van der Waals surface area contributed by atoms with Crippen LogP contribution in [0.4, 0.5) is 4.79 Å². The minimum Gasteiger partial charge on any atom is -0.341 e. The van der Waals surface area contributed by atoms with Gasteiger partial charge in [0.2, 0.25) is 5.91 Å². The molecule has 0 aromatic carbocycles. The molecule has 0 aromatic rings. The number of rotatable bonds is 4. The van der Waals surface area contributed by atoms with Gasteiger partial charge in [0, 0.05) is 13.1 Å². The molecule has 5 nitrogen and oxygen atoms in total. The molecule has 0 bridgehead atoms. The van der Waals surface area contributed by atoms with E-state index in [2.05, 4.69) is 22.9 Å². The van der Waals surface area contributed by atoms with Crippen LogP contribution >= 0.6 is 0 Å². The number of hydrogen-bond acceptors (Lipinski definition) is 3. The molecule has 3 N–H and O–H groups in total. The fraction of sp³-hybridized carbons (Fsp3) is 0.846. The van der Waals surface area contributed by atoms with Crippen molar-refractivity contribution < 1.29 is 9.59 Å². The highest BCUT2D eigenvalue weighted by molar-refractivity contribution is 5.96. The number of nitrogens with one attached hydrogen (secondary N) is 3. The van der Waals surface area contributed by atoms with Crippen molar-refractivity contribution in [3.8, 4) is 0 Å². The predicted octanol–water partition coefficient (Wildman–Crippen LogP) is 1.39. The molecular formula is C13H25N3O2. The van der Waals surface area contributed by atoms with Gasteiger partial charge in [0.15, 0.2) is 0 Å². The fourth-order valence-corrected chi connectivity index (χ4v) is 2.52. The van der Waals surface area contributed by atoms with Crippen LogP contribution < -0.4 is 16.0 Å². The molecule has 1 fully saturated rings. The molecule has 0 saturated heterocycles. The lowest BCUT2D eigenvalue weighted by molar-refractivity contribution is -0.121. The van der Waals surface area contributed by atoms with Crippen molar-refractivity contribution in [3.63, 3.8) is 0 Å². The van der Waals surface area contributed by atoms with Gasteiger partial charge in [0.1, 0.15) is 0 Å². The van der Waals surface area contributed by atoms with Gasteiger partial charge in [-0.05, 0) is 32.6 Å². The first-order valence-corrected chi connectivity index (χ1v) is 6.83. The van der Waals surface area contributed by atoms with Crippen molar-refractivity contribution in [2.24, 2.45) is 5.92 Å². The minimum atomic E-state index is -0.459. The Morgan fingerprint density at radius 2 is 1.72 bits per heavy atom. The highest BCUT2D eigenvalue weighted by Gasteiger charge is 2.23. The van der Waals surface area contributed by atoms with Crippen molar-refractivity contribution in [3.05, 3.63) is 0 Å². The van der Waals surface area contributed by atoms with E-state index >= 15 is 0 Å². The average molecular weight is 255 g/mol. The minimum absolute atomic E-state index is 0.281. The van der Waals surface area contributed by atoms with Crippen LogP contribution in [0.15, 0.2) is 0 Å². The molecule has 0 aliphatic heterocycles. The summed E-state index contributed by atoms with van der Waals surface area (Å²) < 4.78 is 0. The Kier molecular flexibility index (Phi) is 6.12. The Morgan fingerprint density at radius 1 is 1.11 bits per heavy atom. The van der Waals surface area contributed by atoms with Gasteiger partial charge in [-0.1, -0.05) is 19.3 Å². The van der Waals surface area contributed by atoms with Crippen LogP contribution in [0.5, 0.6) is 0 Å². The Morgan fingerprint density at radius 3 is 2.28 bits per heavy atom. The number of urea groups is 1. The summed E-state index contributed by atoms with van der Waals surface area (Å²) in [5, 5.41) is 7.94. The van der Waals surface area contributed by atoms with E-state index < -0.39 is 6.03 Å². The molecule has 1 rings (SSSR count). The molecule has 5 heteroatoms. The van der Waals surface area contributed by atoms with Crippen LogP contribution in [0.25, 0.3) is 0 Å². The van der Waals surface area contributed by atoms with Crippen LogP contribution in [-0.2, 0) is 4.79 Å². The van der Waals surface area contributed by atoms with Crippen LogP contribution in [0.3, 0.4) is 0 Å². The maximum atomic E-state index is 11.7. The molecule has 1 saturated carbocycles.